The van der Waals surface area contributed by atoms with Crippen molar-refractivity contribution in [2.24, 2.45) is 0 Å². The highest BCUT2D eigenvalue weighted by Crippen LogP contribution is 2.28. The van der Waals surface area contributed by atoms with Gasteiger partial charge in [0.05, 0.1) is 46.8 Å². The van der Waals surface area contributed by atoms with Gasteiger partial charge in [-0.1, -0.05) is 0 Å². The molecule has 0 N–H and O–H groups in total. The molecule has 0 rings (SSSR count). The van der Waals surface area contributed by atoms with Crippen LogP contribution in [-0.4, -0.2) is 76.6 Å². The summed E-state index contributed by atoms with van der Waals surface area (Å²) in [7, 11) is 3.05. The second kappa shape index (κ2) is 15.3. The highest BCUT2D eigenvalue weighted by atomic mass is 16.9. The second-order valence-corrected chi connectivity index (χ2v) is 5.53. The molecule has 0 spiro atoms. The molecule has 0 fully saturated rings. The monoisotopic (exact) mass is 431 g/mol. The number of nitrogens with zero attached hydrogens (tertiary/aromatic N) is 1. The van der Waals surface area contributed by atoms with E-state index in [1.807, 2.05) is 0 Å². The molecule has 0 aromatic heterocycles. The maximum absolute atomic E-state index is 12.7. The van der Waals surface area contributed by atoms with Gasteiger partial charge in [-0.2, -0.15) is 0 Å². The van der Waals surface area contributed by atoms with E-state index in [1.165, 1.54) is 18.2 Å². The second-order valence-electron chi connectivity index (χ2n) is 5.53. The SMILES string of the molecule is CCOC(C#CC(=O)/C=C(\N(C)OC)C(OCC)(OCC)OCC)(OCC)OCC. The van der Waals surface area contributed by atoms with Gasteiger partial charge in [-0.25, -0.2) is 0 Å². The van der Waals surface area contributed by atoms with Crippen LogP contribution in [0.4, 0.5) is 0 Å². The van der Waals surface area contributed by atoms with Crippen molar-refractivity contribution in [3.05, 3.63) is 11.8 Å². The molecule has 0 aliphatic rings. The molecule has 0 aromatic carbocycles. The van der Waals surface area contributed by atoms with Crippen molar-refractivity contribution in [3.8, 4) is 11.8 Å². The number of hydrogen-bond donors (Lipinski definition) is 0. The number of allylic oxidation sites excluding steroid dienone is 1. The fourth-order valence-corrected chi connectivity index (χ4v) is 2.49. The predicted molar refractivity (Wildman–Crippen MR) is 111 cm³/mol. The largest absolute Gasteiger partial charge is 0.353 e. The van der Waals surface area contributed by atoms with Crippen molar-refractivity contribution in [1.82, 2.24) is 5.06 Å². The number of hydrogen-bond acceptors (Lipinski definition) is 9. The van der Waals surface area contributed by atoms with E-state index in [1.54, 1.807) is 48.6 Å². The average Bonchev–Trinajstić information content (AvgIpc) is 2.71. The van der Waals surface area contributed by atoms with Crippen LogP contribution in [0, 0.1) is 11.8 Å². The van der Waals surface area contributed by atoms with E-state index in [-0.39, 0.29) is 25.5 Å². The van der Waals surface area contributed by atoms with Gasteiger partial charge in [-0.3, -0.25) is 14.7 Å². The van der Waals surface area contributed by atoms with Gasteiger partial charge in [-0.05, 0) is 47.5 Å². The molecule has 174 valence electrons. The van der Waals surface area contributed by atoms with E-state index < -0.39 is 17.7 Å². The van der Waals surface area contributed by atoms with E-state index in [0.29, 0.717) is 19.8 Å². The zero-order valence-electron chi connectivity index (χ0n) is 19.5. The first-order valence-electron chi connectivity index (χ1n) is 10.2. The smallest absolute Gasteiger partial charge is 0.323 e. The number of rotatable bonds is 16. The van der Waals surface area contributed by atoms with Crippen molar-refractivity contribution >= 4 is 5.78 Å². The van der Waals surface area contributed by atoms with Crippen LogP contribution in [0.5, 0.6) is 0 Å². The van der Waals surface area contributed by atoms with Crippen LogP contribution in [0.1, 0.15) is 41.5 Å². The van der Waals surface area contributed by atoms with Gasteiger partial charge in [0.1, 0.15) is 5.70 Å². The van der Waals surface area contributed by atoms with E-state index in [2.05, 4.69) is 11.8 Å². The van der Waals surface area contributed by atoms with Gasteiger partial charge in [-0.15, -0.1) is 0 Å². The maximum atomic E-state index is 12.7. The van der Waals surface area contributed by atoms with Crippen molar-refractivity contribution in [2.45, 2.75) is 53.5 Å². The first-order chi connectivity index (χ1) is 14.3. The third-order valence-corrected chi connectivity index (χ3v) is 3.54. The van der Waals surface area contributed by atoms with Crippen molar-refractivity contribution in [1.29, 1.82) is 0 Å². The van der Waals surface area contributed by atoms with Crippen LogP contribution < -0.4 is 0 Å². The summed E-state index contributed by atoms with van der Waals surface area (Å²) in [6.07, 6.45) is 1.23. The number of likely N-dealkylation sites (N-methyl/N-ethyl adjacent to an activating group) is 1. The number of carbonyl (C=O) groups is 1. The Morgan fingerprint density at radius 3 is 1.53 bits per heavy atom. The molecule has 0 radical (unpaired) electrons. The maximum Gasteiger partial charge on any atom is 0.353 e. The molecule has 0 heterocycles. The zero-order chi connectivity index (χ0) is 23.0. The van der Waals surface area contributed by atoms with E-state index in [4.69, 9.17) is 33.3 Å². The third-order valence-electron chi connectivity index (χ3n) is 3.54. The van der Waals surface area contributed by atoms with E-state index >= 15 is 0 Å². The van der Waals surface area contributed by atoms with Crippen molar-refractivity contribution < 1.29 is 38.1 Å². The Kier molecular flexibility index (Phi) is 14.5. The Morgan fingerprint density at radius 1 is 0.800 bits per heavy atom. The summed E-state index contributed by atoms with van der Waals surface area (Å²) < 4.78 is 33.8. The molecule has 0 aromatic rings. The van der Waals surface area contributed by atoms with E-state index in [0.717, 1.165) is 0 Å². The molecule has 0 unspecified atom stereocenters. The summed E-state index contributed by atoms with van der Waals surface area (Å²) in [6, 6.07) is 0. The van der Waals surface area contributed by atoms with Gasteiger partial charge >= 0.3 is 11.9 Å². The predicted octanol–water partition coefficient (Wildman–Crippen LogP) is 2.46. The van der Waals surface area contributed by atoms with Crippen LogP contribution in [-0.2, 0) is 38.1 Å². The summed E-state index contributed by atoms with van der Waals surface area (Å²) >= 11 is 0. The highest BCUT2D eigenvalue weighted by Gasteiger charge is 2.41. The molecule has 30 heavy (non-hydrogen) atoms. The molecule has 0 aliphatic heterocycles. The van der Waals surface area contributed by atoms with Gasteiger partial charge in [0.25, 0.3) is 0 Å². The fraction of sp³-hybridized carbons (Fsp3) is 0.762. The lowest BCUT2D eigenvalue weighted by Gasteiger charge is -2.37. The lowest BCUT2D eigenvalue weighted by molar-refractivity contribution is -0.369. The van der Waals surface area contributed by atoms with Crippen molar-refractivity contribution in [3.63, 3.8) is 0 Å². The molecule has 0 saturated carbocycles. The topological polar surface area (TPSA) is 84.9 Å². The Morgan fingerprint density at radius 2 is 1.20 bits per heavy atom. The van der Waals surface area contributed by atoms with Crippen LogP contribution >= 0.6 is 0 Å². The number of ether oxygens (including phenoxy) is 6. The quantitative estimate of drug-likeness (QED) is 0.120. The minimum Gasteiger partial charge on any atom is -0.323 e. The zero-order valence-corrected chi connectivity index (χ0v) is 19.5. The number of carbonyl (C=O) groups excluding carboxylic acids is 1. The molecule has 0 amide bonds. The van der Waals surface area contributed by atoms with Crippen molar-refractivity contribution in [2.75, 3.05) is 53.8 Å². The third kappa shape index (κ3) is 8.70. The fourth-order valence-electron chi connectivity index (χ4n) is 2.49. The molecular formula is C21H37NO8. The van der Waals surface area contributed by atoms with Gasteiger partial charge in [0.15, 0.2) is 0 Å². The lowest BCUT2D eigenvalue weighted by atomic mass is 10.2. The Bertz CT molecular complexity index is 547. The highest BCUT2D eigenvalue weighted by molar-refractivity contribution is 6.04. The molecular weight excluding hydrogens is 394 g/mol. The number of ketones is 1. The summed E-state index contributed by atoms with van der Waals surface area (Å²) in [5.74, 6) is 1.33. The molecule has 9 heteroatoms. The molecule has 0 saturated heterocycles. The molecule has 0 aliphatic carbocycles. The average molecular weight is 432 g/mol. The van der Waals surface area contributed by atoms with Gasteiger partial charge in [0.2, 0.25) is 5.78 Å². The summed E-state index contributed by atoms with van der Waals surface area (Å²) in [5, 5.41) is 1.32. The normalized spacial score (nSPS) is 12.5. The van der Waals surface area contributed by atoms with Gasteiger partial charge in [0, 0.05) is 19.0 Å². The Labute approximate surface area is 180 Å². The summed E-state index contributed by atoms with van der Waals surface area (Å²) in [5.41, 5.74) is 0.199. The molecule has 0 atom stereocenters. The summed E-state index contributed by atoms with van der Waals surface area (Å²) in [4.78, 5) is 18.0. The Hall–Kier alpha value is -1.51. The Balaban J connectivity index is 6.20. The molecule has 0 bridgehead atoms. The first-order valence-corrected chi connectivity index (χ1v) is 10.2. The first kappa shape index (κ1) is 28.5. The summed E-state index contributed by atoms with van der Waals surface area (Å²) in [6.45, 7) is 12.4. The van der Waals surface area contributed by atoms with Crippen LogP contribution in [0.3, 0.4) is 0 Å². The lowest BCUT2D eigenvalue weighted by Crippen LogP contribution is -2.47. The minimum absolute atomic E-state index is 0.199. The minimum atomic E-state index is -1.63. The standard InChI is InChI=1S/C21H37NO8/c1-9-25-20(26-10-2,27-11-3)16-15-18(23)17-19(22(7)24-8)21(28-12-4,29-13-5)30-14-6/h17H,9-14H2,1-8H3/b19-17-. The molecule has 9 nitrogen and oxygen atoms in total. The van der Waals surface area contributed by atoms with Crippen LogP contribution in [0.25, 0.3) is 0 Å². The van der Waals surface area contributed by atoms with Crippen LogP contribution in [0.2, 0.25) is 0 Å². The number of hydroxylamine groups is 2. The van der Waals surface area contributed by atoms with E-state index in [9.17, 15) is 4.79 Å². The van der Waals surface area contributed by atoms with Gasteiger partial charge < -0.3 is 28.4 Å². The van der Waals surface area contributed by atoms with Crippen LogP contribution in [0.15, 0.2) is 11.8 Å².